The molecular weight excluding hydrogens is 296 g/mol. The highest BCUT2D eigenvalue weighted by molar-refractivity contribution is 5.79. The van der Waals surface area contributed by atoms with Gasteiger partial charge in [0, 0.05) is 19.0 Å². The third kappa shape index (κ3) is 4.68. The molecule has 1 aliphatic rings. The fraction of sp³-hybridized carbons (Fsp3) is 0.381. The van der Waals surface area contributed by atoms with E-state index in [-0.39, 0.29) is 5.92 Å². The molecule has 3 nitrogen and oxygen atoms in total. The minimum atomic E-state index is 0.172. The van der Waals surface area contributed by atoms with Gasteiger partial charge in [-0.05, 0) is 43.5 Å². The van der Waals surface area contributed by atoms with Crippen molar-refractivity contribution < 1.29 is 4.79 Å². The lowest BCUT2D eigenvalue weighted by Crippen LogP contribution is -2.41. The van der Waals surface area contributed by atoms with Gasteiger partial charge in [0.05, 0.1) is 0 Å². The van der Waals surface area contributed by atoms with Crippen molar-refractivity contribution in [3.63, 3.8) is 0 Å². The second-order valence-corrected chi connectivity index (χ2v) is 6.51. The van der Waals surface area contributed by atoms with E-state index in [9.17, 15) is 4.79 Å². The molecule has 0 aliphatic carbocycles. The van der Waals surface area contributed by atoms with Gasteiger partial charge in [0.15, 0.2) is 0 Å². The molecular formula is C21H26N2O. The summed E-state index contributed by atoms with van der Waals surface area (Å²) < 4.78 is 0. The van der Waals surface area contributed by atoms with Crippen LogP contribution < -0.4 is 5.32 Å². The van der Waals surface area contributed by atoms with E-state index in [0.717, 1.165) is 38.9 Å². The molecule has 1 saturated heterocycles. The number of rotatable bonds is 6. The van der Waals surface area contributed by atoms with Crippen LogP contribution in [0, 0.1) is 5.92 Å². The van der Waals surface area contributed by atoms with Crippen molar-refractivity contribution in [2.75, 3.05) is 19.6 Å². The van der Waals surface area contributed by atoms with E-state index in [1.54, 1.807) is 0 Å². The molecule has 2 aromatic rings. The fourth-order valence-electron chi connectivity index (χ4n) is 3.31. The number of piperidine rings is 1. The fourth-order valence-corrected chi connectivity index (χ4v) is 3.31. The smallest absolute Gasteiger partial charge is 0.226 e. The summed E-state index contributed by atoms with van der Waals surface area (Å²) in [5, 5.41) is 3.35. The average Bonchev–Trinajstić information content (AvgIpc) is 2.67. The highest BCUT2D eigenvalue weighted by Gasteiger charge is 2.25. The SMILES string of the molecule is O=C(C1CCNCC1)N(CCc1ccccc1)Cc1ccccc1. The molecule has 0 saturated carbocycles. The first-order chi connectivity index (χ1) is 11.8. The number of hydrogen-bond acceptors (Lipinski definition) is 2. The molecule has 126 valence electrons. The zero-order valence-corrected chi connectivity index (χ0v) is 14.2. The van der Waals surface area contributed by atoms with Crippen LogP contribution in [0.2, 0.25) is 0 Å². The van der Waals surface area contributed by atoms with Gasteiger partial charge in [0.25, 0.3) is 0 Å². The molecule has 1 fully saturated rings. The summed E-state index contributed by atoms with van der Waals surface area (Å²) in [4.78, 5) is 15.1. The third-order valence-corrected chi connectivity index (χ3v) is 4.73. The van der Waals surface area contributed by atoms with Crippen LogP contribution in [0.5, 0.6) is 0 Å². The lowest BCUT2D eigenvalue weighted by molar-refractivity contribution is -0.137. The maximum Gasteiger partial charge on any atom is 0.226 e. The van der Waals surface area contributed by atoms with E-state index in [4.69, 9.17) is 0 Å². The predicted molar refractivity (Wildman–Crippen MR) is 97.6 cm³/mol. The maximum atomic E-state index is 13.0. The summed E-state index contributed by atoms with van der Waals surface area (Å²) in [6.45, 7) is 3.39. The van der Waals surface area contributed by atoms with Crippen LogP contribution in [0.3, 0.4) is 0 Å². The zero-order valence-electron chi connectivity index (χ0n) is 14.2. The van der Waals surface area contributed by atoms with Gasteiger partial charge in [0.1, 0.15) is 0 Å². The normalized spacial score (nSPS) is 15.2. The predicted octanol–water partition coefficient (Wildman–Crippen LogP) is 3.26. The minimum Gasteiger partial charge on any atom is -0.338 e. The van der Waals surface area contributed by atoms with Crippen molar-refractivity contribution in [2.45, 2.75) is 25.8 Å². The quantitative estimate of drug-likeness (QED) is 0.885. The number of carbonyl (C=O) groups excluding carboxylic acids is 1. The Morgan fingerprint density at radius 1 is 0.917 bits per heavy atom. The van der Waals surface area contributed by atoms with E-state index in [0.29, 0.717) is 12.5 Å². The van der Waals surface area contributed by atoms with Gasteiger partial charge in [-0.25, -0.2) is 0 Å². The molecule has 0 bridgehead atoms. The number of benzene rings is 2. The Hall–Kier alpha value is -2.13. The van der Waals surface area contributed by atoms with Crippen molar-refractivity contribution in [2.24, 2.45) is 5.92 Å². The Kier molecular flexibility index (Phi) is 6.02. The summed E-state index contributed by atoms with van der Waals surface area (Å²) in [5.74, 6) is 0.488. The minimum absolute atomic E-state index is 0.172. The summed E-state index contributed by atoms with van der Waals surface area (Å²) in [6.07, 6.45) is 2.81. The molecule has 2 aromatic carbocycles. The van der Waals surface area contributed by atoms with Crippen LogP contribution in [0.15, 0.2) is 60.7 Å². The molecule has 0 aromatic heterocycles. The van der Waals surface area contributed by atoms with Crippen LogP contribution in [0.25, 0.3) is 0 Å². The third-order valence-electron chi connectivity index (χ3n) is 4.73. The molecule has 1 heterocycles. The lowest BCUT2D eigenvalue weighted by Gasteiger charge is -2.30. The van der Waals surface area contributed by atoms with Gasteiger partial charge in [-0.3, -0.25) is 4.79 Å². The van der Waals surface area contributed by atoms with Crippen LogP contribution in [-0.2, 0) is 17.8 Å². The summed E-state index contributed by atoms with van der Waals surface area (Å²) in [7, 11) is 0. The molecule has 24 heavy (non-hydrogen) atoms. The number of nitrogens with zero attached hydrogens (tertiary/aromatic N) is 1. The van der Waals surface area contributed by atoms with Gasteiger partial charge in [0.2, 0.25) is 5.91 Å². The first-order valence-electron chi connectivity index (χ1n) is 8.90. The highest BCUT2D eigenvalue weighted by atomic mass is 16.2. The van der Waals surface area contributed by atoms with Crippen molar-refractivity contribution in [3.8, 4) is 0 Å². The largest absolute Gasteiger partial charge is 0.338 e. The van der Waals surface area contributed by atoms with E-state index in [2.05, 4.69) is 46.6 Å². The molecule has 0 unspecified atom stereocenters. The van der Waals surface area contributed by atoms with Gasteiger partial charge < -0.3 is 10.2 Å². The Morgan fingerprint density at radius 3 is 2.12 bits per heavy atom. The molecule has 1 aliphatic heterocycles. The lowest BCUT2D eigenvalue weighted by atomic mass is 9.96. The first kappa shape index (κ1) is 16.7. The summed E-state index contributed by atoms with van der Waals surface area (Å²) in [5.41, 5.74) is 2.49. The van der Waals surface area contributed by atoms with E-state index >= 15 is 0 Å². The summed E-state index contributed by atoms with van der Waals surface area (Å²) >= 11 is 0. The standard InChI is InChI=1S/C21H26N2O/c24-21(20-11-14-22-15-12-20)23(17-19-9-5-2-6-10-19)16-13-18-7-3-1-4-8-18/h1-10,20,22H,11-17H2. The van der Waals surface area contributed by atoms with Crippen molar-refractivity contribution in [1.29, 1.82) is 0 Å². The van der Waals surface area contributed by atoms with Crippen LogP contribution in [0.1, 0.15) is 24.0 Å². The molecule has 1 amide bonds. The Bertz CT molecular complexity index is 621. The molecule has 0 atom stereocenters. The van der Waals surface area contributed by atoms with E-state index < -0.39 is 0 Å². The summed E-state index contributed by atoms with van der Waals surface area (Å²) in [6, 6.07) is 20.7. The molecule has 0 spiro atoms. The first-order valence-corrected chi connectivity index (χ1v) is 8.90. The van der Waals surface area contributed by atoms with Crippen LogP contribution in [-0.4, -0.2) is 30.4 Å². The number of amides is 1. The topological polar surface area (TPSA) is 32.3 Å². The van der Waals surface area contributed by atoms with Gasteiger partial charge in [-0.2, -0.15) is 0 Å². The number of hydrogen-bond donors (Lipinski definition) is 1. The molecule has 0 radical (unpaired) electrons. The maximum absolute atomic E-state index is 13.0. The Balaban J connectivity index is 1.68. The second kappa shape index (κ2) is 8.65. The van der Waals surface area contributed by atoms with Crippen molar-refractivity contribution in [3.05, 3.63) is 71.8 Å². The Morgan fingerprint density at radius 2 is 1.50 bits per heavy atom. The van der Waals surface area contributed by atoms with Gasteiger partial charge in [-0.15, -0.1) is 0 Å². The van der Waals surface area contributed by atoms with E-state index in [1.165, 1.54) is 11.1 Å². The van der Waals surface area contributed by atoms with Gasteiger partial charge >= 0.3 is 0 Å². The van der Waals surface area contributed by atoms with Crippen molar-refractivity contribution >= 4 is 5.91 Å². The highest BCUT2D eigenvalue weighted by Crippen LogP contribution is 2.18. The second-order valence-electron chi connectivity index (χ2n) is 6.51. The number of nitrogens with one attached hydrogen (secondary N) is 1. The Labute approximate surface area is 144 Å². The van der Waals surface area contributed by atoms with Crippen molar-refractivity contribution in [1.82, 2.24) is 10.2 Å². The zero-order chi connectivity index (χ0) is 16.6. The monoisotopic (exact) mass is 322 g/mol. The molecule has 3 rings (SSSR count). The van der Waals surface area contributed by atoms with Crippen LogP contribution in [0.4, 0.5) is 0 Å². The van der Waals surface area contributed by atoms with Crippen LogP contribution >= 0.6 is 0 Å². The van der Waals surface area contributed by atoms with E-state index in [1.807, 2.05) is 24.3 Å². The molecule has 1 N–H and O–H groups in total. The molecule has 3 heteroatoms. The van der Waals surface area contributed by atoms with Gasteiger partial charge in [-0.1, -0.05) is 60.7 Å². The number of carbonyl (C=O) groups is 1. The average molecular weight is 322 g/mol.